The van der Waals surface area contributed by atoms with Crippen molar-refractivity contribution in [2.45, 2.75) is 90.9 Å². The molecular formula is C33H49N5O5S. The van der Waals surface area contributed by atoms with Gasteiger partial charge in [-0.1, -0.05) is 45.0 Å². The number of thiazole rings is 1. The number of nitrogens with zero attached hydrogens (tertiary/aromatic N) is 3. The molecule has 0 spiro atoms. The van der Waals surface area contributed by atoms with Crippen LogP contribution >= 0.6 is 11.3 Å². The molecule has 0 saturated carbocycles. The molecule has 2 aliphatic heterocycles. The number of aliphatic hydroxyl groups is 1. The Morgan fingerprint density at radius 2 is 1.86 bits per heavy atom. The van der Waals surface area contributed by atoms with Gasteiger partial charge in [0, 0.05) is 38.7 Å². The van der Waals surface area contributed by atoms with E-state index in [1.807, 2.05) is 57.5 Å². The number of rotatable bonds is 14. The normalized spacial score (nSPS) is 19.7. The molecule has 3 N–H and O–H groups in total. The molecule has 242 valence electrons. The van der Waals surface area contributed by atoms with Crippen LogP contribution in [0.1, 0.15) is 70.6 Å². The van der Waals surface area contributed by atoms with Crippen molar-refractivity contribution < 1.29 is 24.2 Å². The predicted molar refractivity (Wildman–Crippen MR) is 172 cm³/mol. The quantitative estimate of drug-likeness (QED) is 0.274. The third-order valence-electron chi connectivity index (χ3n) is 8.60. The molecule has 3 amide bonds. The second-order valence-electron chi connectivity index (χ2n) is 13.0. The van der Waals surface area contributed by atoms with E-state index in [0.717, 1.165) is 60.5 Å². The summed E-state index contributed by atoms with van der Waals surface area (Å²) in [5.41, 5.74) is 4.39. The number of hydrogen-bond acceptors (Lipinski definition) is 8. The van der Waals surface area contributed by atoms with Crippen molar-refractivity contribution in [2.75, 3.05) is 39.5 Å². The maximum Gasteiger partial charge on any atom is 0.246 e. The van der Waals surface area contributed by atoms with Crippen LogP contribution in [0.25, 0.3) is 10.4 Å². The zero-order valence-electron chi connectivity index (χ0n) is 26.6. The van der Waals surface area contributed by atoms with E-state index < -0.39 is 17.5 Å². The lowest BCUT2D eigenvalue weighted by Gasteiger charge is -2.35. The summed E-state index contributed by atoms with van der Waals surface area (Å²) in [5.74, 6) is -0.641. The third kappa shape index (κ3) is 9.09. The number of aliphatic hydroxyl groups excluding tert-OH is 1. The molecule has 0 bridgehead atoms. The molecule has 0 aliphatic carbocycles. The summed E-state index contributed by atoms with van der Waals surface area (Å²) in [7, 11) is 0. The zero-order valence-corrected chi connectivity index (χ0v) is 27.5. The van der Waals surface area contributed by atoms with Crippen LogP contribution in [0.5, 0.6) is 0 Å². The number of nitrogens with one attached hydrogen (secondary N) is 2. The third-order valence-corrected chi connectivity index (χ3v) is 9.58. The maximum absolute atomic E-state index is 13.8. The first-order valence-corrected chi connectivity index (χ1v) is 16.8. The molecule has 11 heteroatoms. The van der Waals surface area contributed by atoms with Crippen LogP contribution in [0.2, 0.25) is 0 Å². The number of likely N-dealkylation sites (tertiary alicyclic amines) is 2. The fourth-order valence-corrected chi connectivity index (χ4v) is 6.86. The minimum absolute atomic E-state index is 0.161. The molecule has 3 atom stereocenters. The number of aryl methyl sites for hydroxylation is 1. The molecule has 1 aromatic heterocycles. The molecule has 2 aliphatic rings. The second kappa shape index (κ2) is 15.9. The molecule has 1 aromatic carbocycles. The number of carbonyl (C=O) groups excluding carboxylic acids is 3. The van der Waals surface area contributed by atoms with E-state index in [1.165, 1.54) is 0 Å². The Labute approximate surface area is 265 Å². The van der Waals surface area contributed by atoms with Crippen LogP contribution in [-0.4, -0.2) is 95.2 Å². The van der Waals surface area contributed by atoms with Crippen molar-refractivity contribution in [3.63, 3.8) is 0 Å². The summed E-state index contributed by atoms with van der Waals surface area (Å²) in [6, 6.07) is 7.02. The van der Waals surface area contributed by atoms with Gasteiger partial charge < -0.3 is 25.4 Å². The first-order valence-electron chi connectivity index (χ1n) is 15.9. The number of carbonyl (C=O) groups is 3. The molecule has 4 rings (SSSR count). The average molecular weight is 628 g/mol. The Morgan fingerprint density at radius 3 is 2.55 bits per heavy atom. The van der Waals surface area contributed by atoms with E-state index in [1.54, 1.807) is 16.2 Å². The Hall–Kier alpha value is -2.86. The molecule has 2 saturated heterocycles. The number of ether oxygens (including phenoxy) is 1. The number of benzene rings is 1. The van der Waals surface area contributed by atoms with E-state index in [9.17, 15) is 19.5 Å². The summed E-state index contributed by atoms with van der Waals surface area (Å²) in [6.45, 7) is 11.5. The van der Waals surface area contributed by atoms with Crippen LogP contribution < -0.4 is 10.6 Å². The van der Waals surface area contributed by atoms with Crippen LogP contribution in [0, 0.1) is 12.3 Å². The van der Waals surface area contributed by atoms with E-state index in [-0.39, 0.29) is 43.4 Å². The summed E-state index contributed by atoms with van der Waals surface area (Å²) in [6.07, 6.45) is 4.49. The van der Waals surface area contributed by atoms with Gasteiger partial charge in [0.05, 0.1) is 29.3 Å². The lowest BCUT2D eigenvalue weighted by Crippen LogP contribution is -2.57. The first-order chi connectivity index (χ1) is 21.1. The fraction of sp³-hybridized carbons (Fsp3) is 0.636. The Bertz CT molecular complexity index is 1240. The molecule has 44 heavy (non-hydrogen) atoms. The van der Waals surface area contributed by atoms with E-state index in [0.29, 0.717) is 26.1 Å². The monoisotopic (exact) mass is 627 g/mol. The summed E-state index contributed by atoms with van der Waals surface area (Å²) < 4.78 is 5.70. The van der Waals surface area contributed by atoms with Gasteiger partial charge in [0.15, 0.2) is 0 Å². The Balaban J connectivity index is 1.23. The van der Waals surface area contributed by atoms with Crippen molar-refractivity contribution in [1.29, 1.82) is 0 Å². The average Bonchev–Trinajstić information content (AvgIpc) is 3.77. The highest BCUT2D eigenvalue weighted by Gasteiger charge is 2.41. The van der Waals surface area contributed by atoms with Crippen molar-refractivity contribution in [1.82, 2.24) is 25.4 Å². The Kier molecular flexibility index (Phi) is 12.3. The fourth-order valence-electron chi connectivity index (χ4n) is 6.04. The second-order valence-corrected chi connectivity index (χ2v) is 13.8. The lowest BCUT2D eigenvalue weighted by atomic mass is 9.85. The molecule has 10 nitrogen and oxygen atoms in total. The number of hydrogen-bond donors (Lipinski definition) is 3. The van der Waals surface area contributed by atoms with Gasteiger partial charge in [-0.15, -0.1) is 11.3 Å². The van der Waals surface area contributed by atoms with Crippen LogP contribution in [-0.2, 0) is 25.7 Å². The first kappa shape index (κ1) is 34.0. The molecule has 0 unspecified atom stereocenters. The van der Waals surface area contributed by atoms with Gasteiger partial charge in [0.2, 0.25) is 17.7 Å². The van der Waals surface area contributed by atoms with Crippen molar-refractivity contribution in [3.05, 3.63) is 41.0 Å². The van der Waals surface area contributed by atoms with Gasteiger partial charge in [-0.2, -0.15) is 0 Å². The predicted octanol–water partition coefficient (Wildman–Crippen LogP) is 3.51. The van der Waals surface area contributed by atoms with Gasteiger partial charge in [0.1, 0.15) is 12.1 Å². The molecule has 0 radical (unpaired) electrons. The van der Waals surface area contributed by atoms with Gasteiger partial charge >= 0.3 is 0 Å². The zero-order chi connectivity index (χ0) is 31.7. The minimum Gasteiger partial charge on any atom is -0.395 e. The van der Waals surface area contributed by atoms with E-state index in [2.05, 4.69) is 20.5 Å². The molecule has 2 fully saturated rings. The van der Waals surface area contributed by atoms with Crippen molar-refractivity contribution >= 4 is 29.1 Å². The summed E-state index contributed by atoms with van der Waals surface area (Å²) >= 11 is 1.61. The summed E-state index contributed by atoms with van der Waals surface area (Å²) in [5, 5.41) is 15.4. The van der Waals surface area contributed by atoms with Crippen molar-refractivity contribution in [3.8, 4) is 10.4 Å². The van der Waals surface area contributed by atoms with E-state index in [4.69, 9.17) is 4.74 Å². The highest BCUT2D eigenvalue weighted by Crippen LogP contribution is 2.28. The Morgan fingerprint density at radius 1 is 1.11 bits per heavy atom. The van der Waals surface area contributed by atoms with Gasteiger partial charge in [-0.25, -0.2) is 4.98 Å². The highest BCUT2D eigenvalue weighted by molar-refractivity contribution is 7.13. The minimum atomic E-state index is -0.753. The van der Waals surface area contributed by atoms with Crippen LogP contribution in [0.15, 0.2) is 29.8 Å². The van der Waals surface area contributed by atoms with E-state index >= 15 is 0 Å². The smallest absolute Gasteiger partial charge is 0.246 e. The van der Waals surface area contributed by atoms with Crippen LogP contribution in [0.3, 0.4) is 0 Å². The van der Waals surface area contributed by atoms with Gasteiger partial charge in [0.25, 0.3) is 0 Å². The standard InChI is InChI=1S/C33H49N5O5S/c1-23-29(44-22-35-23)25-12-10-24(11-13-25)20-34-31(41)27-9-6-17-38(27)32(42)30(33(2,3)4)36-28(40)14-19-43-18-7-16-37-15-5-8-26(37)21-39/h10-13,22,26-27,30,39H,5-9,14-21H2,1-4H3,(H,34,41)(H,36,40)/t26-,27-,30+/m0/s1. The summed E-state index contributed by atoms with van der Waals surface area (Å²) in [4.78, 5) is 49.2. The highest BCUT2D eigenvalue weighted by atomic mass is 32.1. The largest absolute Gasteiger partial charge is 0.395 e. The molecule has 3 heterocycles. The number of amides is 3. The SMILES string of the molecule is Cc1ncsc1-c1ccc(CNC(=O)[C@@H]2CCCN2C(=O)[C@@H](NC(=O)CCOCCCN2CCC[C@H]2CO)C(C)(C)C)cc1. The maximum atomic E-state index is 13.8. The lowest BCUT2D eigenvalue weighted by molar-refractivity contribution is -0.144. The van der Waals surface area contributed by atoms with Gasteiger partial charge in [-0.05, 0) is 62.1 Å². The molecular weight excluding hydrogens is 578 g/mol. The van der Waals surface area contributed by atoms with Crippen molar-refractivity contribution in [2.24, 2.45) is 5.41 Å². The topological polar surface area (TPSA) is 124 Å². The van der Waals surface area contributed by atoms with Crippen LogP contribution in [0.4, 0.5) is 0 Å². The molecule has 2 aromatic rings. The number of aromatic nitrogens is 1. The van der Waals surface area contributed by atoms with Gasteiger partial charge in [-0.3, -0.25) is 19.3 Å².